The first-order valence-corrected chi connectivity index (χ1v) is 7.43. The van der Waals surface area contributed by atoms with Crippen molar-refractivity contribution in [2.24, 2.45) is 0 Å². The van der Waals surface area contributed by atoms with Crippen LogP contribution in [0.1, 0.15) is 44.2 Å². The zero-order valence-corrected chi connectivity index (χ0v) is 13.1. The van der Waals surface area contributed by atoms with Crippen molar-refractivity contribution in [3.8, 4) is 0 Å². The third kappa shape index (κ3) is 3.93. The number of carbonyl (C=O) groups is 2. The molecule has 1 unspecified atom stereocenters. The number of thiazole rings is 1. The quantitative estimate of drug-likeness (QED) is 0.753. The number of nitrogens with zero attached hydrogens (tertiary/aromatic N) is 1. The monoisotopic (exact) mass is 299 g/mol. The maximum absolute atomic E-state index is 11.9. The molecular formula is C13H21N3O3S. The molecule has 7 heteroatoms. The largest absolute Gasteiger partial charge is 0.480 e. The van der Waals surface area contributed by atoms with E-state index in [4.69, 9.17) is 0 Å². The molecule has 2 amide bonds. The lowest BCUT2D eigenvalue weighted by Gasteiger charge is -2.25. The molecule has 0 saturated heterocycles. The molecule has 0 aliphatic rings. The molecule has 1 atom stereocenters. The van der Waals surface area contributed by atoms with Gasteiger partial charge in [0.2, 0.25) is 0 Å². The number of carbonyl (C=O) groups excluding carboxylic acids is 1. The molecule has 0 radical (unpaired) electrons. The summed E-state index contributed by atoms with van der Waals surface area (Å²) >= 11 is 1.38. The first-order chi connectivity index (χ1) is 9.32. The average molecular weight is 299 g/mol. The van der Waals surface area contributed by atoms with Gasteiger partial charge in [-0.25, -0.2) is 14.6 Å². The zero-order chi connectivity index (χ0) is 15.3. The van der Waals surface area contributed by atoms with Crippen LogP contribution in [0.25, 0.3) is 0 Å². The number of carboxylic acid groups (broad SMARTS) is 1. The minimum Gasteiger partial charge on any atom is -0.480 e. The van der Waals surface area contributed by atoms with Gasteiger partial charge in [-0.3, -0.25) is 5.32 Å². The van der Waals surface area contributed by atoms with Crippen molar-refractivity contribution < 1.29 is 14.7 Å². The fraction of sp³-hybridized carbons (Fsp3) is 0.615. The molecule has 0 fully saturated rings. The summed E-state index contributed by atoms with van der Waals surface area (Å²) in [6, 6.07) is -0.542. The second kappa shape index (κ2) is 6.69. The highest BCUT2D eigenvalue weighted by Gasteiger charge is 2.34. The first kappa shape index (κ1) is 16.4. The molecule has 3 N–H and O–H groups in total. The first-order valence-electron chi connectivity index (χ1n) is 6.61. The van der Waals surface area contributed by atoms with E-state index in [1.54, 1.807) is 0 Å². The van der Waals surface area contributed by atoms with E-state index in [0.717, 1.165) is 17.0 Å². The van der Waals surface area contributed by atoms with Crippen LogP contribution in [0.2, 0.25) is 0 Å². The third-order valence-electron chi connectivity index (χ3n) is 3.06. The maximum atomic E-state index is 11.9. The molecule has 0 aliphatic carbocycles. The van der Waals surface area contributed by atoms with Gasteiger partial charge in [0, 0.05) is 4.88 Å². The molecule has 1 aromatic heterocycles. The van der Waals surface area contributed by atoms with Crippen LogP contribution in [-0.4, -0.2) is 27.6 Å². The van der Waals surface area contributed by atoms with E-state index in [1.165, 1.54) is 18.3 Å². The van der Waals surface area contributed by atoms with Gasteiger partial charge < -0.3 is 10.4 Å². The van der Waals surface area contributed by atoms with Crippen LogP contribution in [0, 0.1) is 6.92 Å². The van der Waals surface area contributed by atoms with Crippen LogP contribution in [0.15, 0.2) is 0 Å². The molecule has 0 aromatic carbocycles. The van der Waals surface area contributed by atoms with E-state index in [2.05, 4.69) is 15.6 Å². The number of hydrogen-bond acceptors (Lipinski definition) is 4. The molecule has 0 bridgehead atoms. The Morgan fingerprint density at radius 1 is 1.40 bits per heavy atom. The molecule has 20 heavy (non-hydrogen) atoms. The number of carboxylic acids is 1. The lowest BCUT2D eigenvalue weighted by atomic mass is 9.97. The van der Waals surface area contributed by atoms with E-state index < -0.39 is 17.5 Å². The molecule has 1 aromatic rings. The lowest BCUT2D eigenvalue weighted by Crippen LogP contribution is -2.53. The number of aromatic nitrogens is 1. The van der Waals surface area contributed by atoms with Gasteiger partial charge in [-0.1, -0.05) is 20.3 Å². The maximum Gasteiger partial charge on any atom is 0.329 e. The Morgan fingerprint density at radius 2 is 2.05 bits per heavy atom. The van der Waals surface area contributed by atoms with Crippen molar-refractivity contribution in [1.82, 2.24) is 10.3 Å². The molecule has 0 spiro atoms. The van der Waals surface area contributed by atoms with E-state index in [1.807, 2.05) is 20.8 Å². The van der Waals surface area contributed by atoms with Gasteiger partial charge in [-0.05, 0) is 26.7 Å². The number of amides is 2. The number of aliphatic carboxylic acids is 1. The van der Waals surface area contributed by atoms with E-state index >= 15 is 0 Å². The summed E-state index contributed by atoms with van der Waals surface area (Å²) in [5.74, 6) is -1.04. The molecule has 112 valence electrons. The highest BCUT2D eigenvalue weighted by molar-refractivity contribution is 7.15. The van der Waals surface area contributed by atoms with Crippen molar-refractivity contribution in [2.75, 3.05) is 5.32 Å². The fourth-order valence-electron chi connectivity index (χ4n) is 1.91. The van der Waals surface area contributed by atoms with Gasteiger partial charge in [0.05, 0.1) is 5.69 Å². The second-order valence-corrected chi connectivity index (χ2v) is 6.05. The van der Waals surface area contributed by atoms with E-state index in [-0.39, 0.29) is 0 Å². The second-order valence-electron chi connectivity index (χ2n) is 4.84. The van der Waals surface area contributed by atoms with Crippen molar-refractivity contribution in [3.05, 3.63) is 10.6 Å². The number of aryl methyl sites for hydroxylation is 2. The van der Waals surface area contributed by atoms with Crippen LogP contribution >= 0.6 is 11.3 Å². The van der Waals surface area contributed by atoms with Crippen molar-refractivity contribution >= 4 is 28.5 Å². The molecule has 1 heterocycles. The summed E-state index contributed by atoms with van der Waals surface area (Å²) in [5, 5.41) is 14.8. The van der Waals surface area contributed by atoms with Gasteiger partial charge in [0.15, 0.2) is 5.13 Å². The topological polar surface area (TPSA) is 91.3 Å². The number of urea groups is 1. The Balaban J connectivity index is 2.73. The summed E-state index contributed by atoms with van der Waals surface area (Å²) in [6.07, 6.45) is 1.83. The summed E-state index contributed by atoms with van der Waals surface area (Å²) in [7, 11) is 0. The predicted octanol–water partition coefficient (Wildman–Crippen LogP) is 2.78. The van der Waals surface area contributed by atoms with Gasteiger partial charge in [0.25, 0.3) is 0 Å². The molecular weight excluding hydrogens is 278 g/mol. The molecule has 0 saturated carbocycles. The predicted molar refractivity (Wildman–Crippen MR) is 79.3 cm³/mol. The van der Waals surface area contributed by atoms with Crippen LogP contribution < -0.4 is 10.6 Å². The minimum absolute atomic E-state index is 0.368. The summed E-state index contributed by atoms with van der Waals surface area (Å²) in [4.78, 5) is 28.5. The smallest absolute Gasteiger partial charge is 0.329 e. The number of anilines is 1. The molecule has 1 rings (SSSR count). The Hall–Kier alpha value is -1.63. The number of hydrogen-bond donors (Lipinski definition) is 3. The summed E-state index contributed by atoms with van der Waals surface area (Å²) in [5.41, 5.74) is -0.321. The van der Waals surface area contributed by atoms with Crippen LogP contribution in [0.4, 0.5) is 9.93 Å². The van der Waals surface area contributed by atoms with Crippen molar-refractivity contribution in [1.29, 1.82) is 0 Å². The number of rotatable bonds is 6. The Bertz CT molecular complexity index is 501. The highest BCUT2D eigenvalue weighted by Crippen LogP contribution is 2.22. The Labute approximate surface area is 122 Å². The van der Waals surface area contributed by atoms with Crippen molar-refractivity contribution in [3.63, 3.8) is 0 Å². The fourth-order valence-corrected chi connectivity index (χ4v) is 2.81. The normalized spacial score (nSPS) is 13.6. The average Bonchev–Trinajstić information content (AvgIpc) is 2.69. The Kier molecular flexibility index (Phi) is 5.50. The van der Waals surface area contributed by atoms with Gasteiger partial charge in [0.1, 0.15) is 5.54 Å². The SMILES string of the molecule is CCCC(C)(NC(=O)Nc1nc(CC)c(C)s1)C(=O)O. The van der Waals surface area contributed by atoms with Crippen LogP contribution in [-0.2, 0) is 11.2 Å². The van der Waals surface area contributed by atoms with Gasteiger partial charge in [-0.2, -0.15) is 0 Å². The summed E-state index contributed by atoms with van der Waals surface area (Å²) in [6.45, 7) is 7.31. The Morgan fingerprint density at radius 3 is 2.50 bits per heavy atom. The van der Waals surface area contributed by atoms with E-state index in [0.29, 0.717) is 18.0 Å². The lowest BCUT2D eigenvalue weighted by molar-refractivity contribution is -0.143. The minimum atomic E-state index is -1.27. The third-order valence-corrected chi connectivity index (χ3v) is 3.99. The van der Waals surface area contributed by atoms with Crippen LogP contribution in [0.5, 0.6) is 0 Å². The zero-order valence-electron chi connectivity index (χ0n) is 12.2. The number of nitrogens with one attached hydrogen (secondary N) is 2. The van der Waals surface area contributed by atoms with Gasteiger partial charge in [-0.15, -0.1) is 11.3 Å². The van der Waals surface area contributed by atoms with Crippen LogP contribution in [0.3, 0.4) is 0 Å². The van der Waals surface area contributed by atoms with E-state index in [9.17, 15) is 14.7 Å². The molecule has 0 aliphatic heterocycles. The molecule has 6 nitrogen and oxygen atoms in total. The van der Waals surface area contributed by atoms with Gasteiger partial charge >= 0.3 is 12.0 Å². The standard InChI is InChI=1S/C13H21N3O3S/c1-5-7-13(4,10(17)18)16-11(19)15-12-14-9(6-2)8(3)20-12/h5-7H2,1-4H3,(H,17,18)(H2,14,15,16,19). The van der Waals surface area contributed by atoms with Crippen molar-refractivity contribution in [2.45, 2.75) is 52.5 Å². The summed E-state index contributed by atoms with van der Waals surface area (Å²) < 4.78 is 0. The highest BCUT2D eigenvalue weighted by atomic mass is 32.1.